The van der Waals surface area contributed by atoms with Crippen LogP contribution in [-0.2, 0) is 9.53 Å². The summed E-state index contributed by atoms with van der Waals surface area (Å²) in [6.07, 6.45) is 1.67. The Morgan fingerprint density at radius 2 is 1.84 bits per heavy atom. The summed E-state index contributed by atoms with van der Waals surface area (Å²) in [7, 11) is 0. The minimum atomic E-state index is -0.600. The van der Waals surface area contributed by atoms with Crippen LogP contribution in [0.25, 0.3) is 0 Å². The van der Waals surface area contributed by atoms with Crippen LogP contribution in [0.5, 0.6) is 0 Å². The van der Waals surface area contributed by atoms with Gasteiger partial charge in [0, 0.05) is 50.0 Å². The van der Waals surface area contributed by atoms with Gasteiger partial charge in [0.05, 0.1) is 18.2 Å². The molecule has 1 saturated heterocycles. The highest BCUT2D eigenvalue weighted by Gasteiger charge is 2.38. The number of halogens is 1. The molecule has 31 heavy (non-hydrogen) atoms. The van der Waals surface area contributed by atoms with E-state index in [9.17, 15) is 9.59 Å². The minimum absolute atomic E-state index is 0.255. The number of benzene rings is 1. The molecule has 0 bridgehead atoms. The van der Waals surface area contributed by atoms with E-state index in [0.717, 1.165) is 38.3 Å². The van der Waals surface area contributed by atoms with Gasteiger partial charge in [0.2, 0.25) is 0 Å². The third kappa shape index (κ3) is 5.47. The van der Waals surface area contributed by atoms with Crippen LogP contribution in [0.2, 0.25) is 5.02 Å². The Morgan fingerprint density at radius 1 is 1.19 bits per heavy atom. The van der Waals surface area contributed by atoms with Crippen LogP contribution in [0.1, 0.15) is 25.5 Å². The minimum Gasteiger partial charge on any atom is -0.463 e. The van der Waals surface area contributed by atoms with Gasteiger partial charge in [-0.05, 0) is 31.2 Å². The maximum Gasteiger partial charge on any atom is 0.338 e. The van der Waals surface area contributed by atoms with Gasteiger partial charge in [0.25, 0.3) is 0 Å². The number of amides is 2. The molecular formula is C23H31ClN4O3. The number of hydrogen-bond donors (Lipinski definition) is 1. The van der Waals surface area contributed by atoms with Crippen molar-refractivity contribution in [2.24, 2.45) is 0 Å². The van der Waals surface area contributed by atoms with Crippen LogP contribution in [0.3, 0.4) is 0 Å². The molecule has 0 saturated carbocycles. The molecule has 1 unspecified atom stereocenters. The first-order valence-corrected chi connectivity index (χ1v) is 11.2. The lowest BCUT2D eigenvalue weighted by Crippen LogP contribution is -2.53. The Morgan fingerprint density at radius 3 is 2.42 bits per heavy atom. The number of urea groups is 1. The van der Waals surface area contributed by atoms with Crippen molar-refractivity contribution in [1.82, 2.24) is 20.0 Å². The zero-order valence-electron chi connectivity index (χ0n) is 18.3. The molecular weight excluding hydrogens is 416 g/mol. The van der Waals surface area contributed by atoms with Gasteiger partial charge in [0.15, 0.2) is 0 Å². The van der Waals surface area contributed by atoms with Crippen molar-refractivity contribution >= 4 is 23.6 Å². The maximum absolute atomic E-state index is 13.1. The van der Waals surface area contributed by atoms with E-state index in [0.29, 0.717) is 29.4 Å². The van der Waals surface area contributed by atoms with Gasteiger partial charge in [-0.3, -0.25) is 9.80 Å². The second-order valence-electron chi connectivity index (χ2n) is 7.62. The molecule has 2 amide bonds. The van der Waals surface area contributed by atoms with Gasteiger partial charge < -0.3 is 15.0 Å². The summed E-state index contributed by atoms with van der Waals surface area (Å²) in [6.45, 7) is 13.5. The fourth-order valence-electron chi connectivity index (χ4n) is 4.03. The summed E-state index contributed by atoms with van der Waals surface area (Å²) in [4.78, 5) is 32.4. The third-order valence-corrected chi connectivity index (χ3v) is 5.99. The predicted octanol–water partition coefficient (Wildman–Crippen LogP) is 3.05. The second-order valence-corrected chi connectivity index (χ2v) is 8.06. The molecule has 1 aromatic rings. The van der Waals surface area contributed by atoms with Gasteiger partial charge >= 0.3 is 12.0 Å². The first-order valence-electron chi connectivity index (χ1n) is 10.8. The van der Waals surface area contributed by atoms with Crippen molar-refractivity contribution < 1.29 is 14.3 Å². The molecule has 7 nitrogen and oxygen atoms in total. The number of rotatable bonds is 8. The van der Waals surface area contributed by atoms with Crippen LogP contribution < -0.4 is 5.32 Å². The summed E-state index contributed by atoms with van der Waals surface area (Å²) < 4.78 is 5.42. The predicted molar refractivity (Wildman–Crippen MR) is 122 cm³/mol. The molecule has 0 aromatic heterocycles. The maximum atomic E-state index is 13.1. The Bertz CT molecular complexity index is 832. The van der Waals surface area contributed by atoms with E-state index in [1.54, 1.807) is 30.0 Å². The largest absolute Gasteiger partial charge is 0.463 e. The third-order valence-electron chi connectivity index (χ3n) is 5.73. The van der Waals surface area contributed by atoms with Crippen molar-refractivity contribution in [1.29, 1.82) is 0 Å². The van der Waals surface area contributed by atoms with Gasteiger partial charge in [-0.1, -0.05) is 36.7 Å². The monoisotopic (exact) mass is 446 g/mol. The van der Waals surface area contributed by atoms with E-state index in [2.05, 4.69) is 28.6 Å². The molecule has 0 aliphatic carbocycles. The number of ether oxygens (including phenoxy) is 1. The summed E-state index contributed by atoms with van der Waals surface area (Å²) in [5, 5.41) is 3.56. The SMILES string of the molecule is C=CCN1C(=O)NC(c2ccc(Cl)cc2)C(C(=O)OCC)=C1CN1CCN(CC)CC1. The first-order chi connectivity index (χ1) is 15.0. The van der Waals surface area contributed by atoms with Gasteiger partial charge in [-0.15, -0.1) is 6.58 Å². The molecule has 1 N–H and O–H groups in total. The number of nitrogens with one attached hydrogen (secondary N) is 1. The Labute approximate surface area is 189 Å². The quantitative estimate of drug-likeness (QED) is 0.491. The molecule has 2 aliphatic rings. The van der Waals surface area contributed by atoms with E-state index >= 15 is 0 Å². The van der Waals surface area contributed by atoms with Crippen LogP contribution in [0.15, 0.2) is 48.2 Å². The molecule has 8 heteroatoms. The molecule has 168 valence electrons. The number of nitrogens with zero attached hydrogens (tertiary/aromatic N) is 3. The highest BCUT2D eigenvalue weighted by atomic mass is 35.5. The summed E-state index contributed by atoms with van der Waals surface area (Å²) in [5.74, 6) is -0.418. The molecule has 2 aliphatic heterocycles. The number of hydrogen-bond acceptors (Lipinski definition) is 5. The van der Waals surface area contributed by atoms with E-state index in [1.807, 2.05) is 12.1 Å². The summed E-state index contributed by atoms with van der Waals surface area (Å²) in [6, 6.07) is 6.31. The lowest BCUT2D eigenvalue weighted by Gasteiger charge is -2.40. The highest BCUT2D eigenvalue weighted by molar-refractivity contribution is 6.30. The number of carbonyl (C=O) groups is 2. The summed E-state index contributed by atoms with van der Waals surface area (Å²) >= 11 is 6.05. The van der Waals surface area contributed by atoms with Crippen molar-refractivity contribution in [2.45, 2.75) is 19.9 Å². The first kappa shape index (κ1) is 23.3. The van der Waals surface area contributed by atoms with Crippen molar-refractivity contribution in [3.8, 4) is 0 Å². The molecule has 3 rings (SSSR count). The van der Waals surface area contributed by atoms with Crippen LogP contribution in [0.4, 0.5) is 4.79 Å². The number of piperazine rings is 1. The standard InChI is InChI=1S/C23H31ClN4O3/c1-4-11-28-19(16-27-14-12-26(5-2)13-15-27)20(22(29)31-6-3)21(25-23(28)30)17-7-9-18(24)10-8-17/h4,7-10,21H,1,5-6,11-16H2,2-3H3,(H,25,30). The Balaban J connectivity index is 2.03. The highest BCUT2D eigenvalue weighted by Crippen LogP contribution is 2.32. The fraction of sp³-hybridized carbons (Fsp3) is 0.478. The number of esters is 1. The molecule has 1 fully saturated rings. The molecule has 1 atom stereocenters. The second kappa shape index (κ2) is 10.8. The fourth-order valence-corrected chi connectivity index (χ4v) is 4.15. The zero-order chi connectivity index (χ0) is 22.4. The topological polar surface area (TPSA) is 65.1 Å². The zero-order valence-corrected chi connectivity index (χ0v) is 19.0. The van der Waals surface area contributed by atoms with E-state index < -0.39 is 12.0 Å². The smallest absolute Gasteiger partial charge is 0.338 e. The van der Waals surface area contributed by atoms with Gasteiger partial charge in [0.1, 0.15) is 0 Å². The molecule has 2 heterocycles. The number of carbonyl (C=O) groups excluding carboxylic acids is 2. The Hall–Kier alpha value is -2.35. The Kier molecular flexibility index (Phi) is 8.12. The lowest BCUT2D eigenvalue weighted by molar-refractivity contribution is -0.139. The van der Waals surface area contributed by atoms with E-state index in [1.165, 1.54) is 0 Å². The summed E-state index contributed by atoms with van der Waals surface area (Å²) in [5.41, 5.74) is 1.92. The van der Waals surface area contributed by atoms with Gasteiger partial charge in [-0.2, -0.15) is 0 Å². The van der Waals surface area contributed by atoms with Crippen molar-refractivity contribution in [2.75, 3.05) is 52.4 Å². The van der Waals surface area contributed by atoms with Crippen molar-refractivity contribution in [3.05, 3.63) is 58.8 Å². The molecule has 0 radical (unpaired) electrons. The van der Waals surface area contributed by atoms with E-state index in [4.69, 9.17) is 16.3 Å². The van der Waals surface area contributed by atoms with Crippen molar-refractivity contribution in [3.63, 3.8) is 0 Å². The lowest BCUT2D eigenvalue weighted by atomic mass is 9.94. The average Bonchev–Trinajstić information content (AvgIpc) is 2.77. The molecule has 0 spiro atoms. The number of likely N-dealkylation sites (N-methyl/N-ethyl adjacent to an activating group) is 1. The normalized spacial score (nSPS) is 20.5. The van der Waals surface area contributed by atoms with Crippen LogP contribution in [0, 0.1) is 0 Å². The van der Waals surface area contributed by atoms with Crippen LogP contribution in [-0.4, -0.2) is 79.1 Å². The average molecular weight is 447 g/mol. The van der Waals surface area contributed by atoms with Crippen LogP contribution >= 0.6 is 11.6 Å². The van der Waals surface area contributed by atoms with Gasteiger partial charge in [-0.25, -0.2) is 9.59 Å². The molecule has 1 aromatic carbocycles. The van der Waals surface area contributed by atoms with E-state index in [-0.39, 0.29) is 12.6 Å².